The van der Waals surface area contributed by atoms with Crippen LogP contribution in [0.4, 0.5) is 0 Å². The molecule has 1 N–H and O–H groups in total. The Kier molecular flexibility index (Phi) is 3.74. The first kappa shape index (κ1) is 10.3. The van der Waals surface area contributed by atoms with Gasteiger partial charge in [0.2, 0.25) is 0 Å². The van der Waals surface area contributed by atoms with Gasteiger partial charge in [0, 0.05) is 11.3 Å². The van der Waals surface area contributed by atoms with Crippen molar-refractivity contribution in [3.63, 3.8) is 0 Å². The molecule has 0 aromatic carbocycles. The lowest BCUT2D eigenvalue weighted by atomic mass is 10.1. The van der Waals surface area contributed by atoms with Gasteiger partial charge in [0.25, 0.3) is 0 Å². The van der Waals surface area contributed by atoms with E-state index < -0.39 is 0 Å². The second kappa shape index (κ2) is 5.06. The number of thioether (sulfide) groups is 1. The highest BCUT2D eigenvalue weighted by molar-refractivity contribution is 8.14. The maximum Gasteiger partial charge on any atom is 0.157 e. The number of amidine groups is 1. The lowest BCUT2D eigenvalue weighted by Gasteiger charge is -2.16. The normalized spacial score (nSPS) is 29.8. The fourth-order valence-corrected chi connectivity index (χ4v) is 3.07. The molecule has 1 unspecified atom stereocenters. The Morgan fingerprint density at radius 3 is 2.50 bits per heavy atom. The van der Waals surface area contributed by atoms with E-state index in [1.54, 1.807) is 0 Å². The van der Waals surface area contributed by atoms with Crippen LogP contribution in [0, 0.1) is 0 Å². The van der Waals surface area contributed by atoms with Crippen molar-refractivity contribution < 1.29 is 0 Å². The van der Waals surface area contributed by atoms with E-state index in [1.165, 1.54) is 43.7 Å². The molecule has 14 heavy (non-hydrogen) atoms. The number of hydrogen-bond acceptors (Lipinski definition) is 3. The summed E-state index contributed by atoms with van der Waals surface area (Å²) >= 11 is 1.90. The van der Waals surface area contributed by atoms with Crippen LogP contribution in [0.25, 0.3) is 0 Å². The van der Waals surface area contributed by atoms with E-state index in [1.807, 2.05) is 11.8 Å². The number of hydrogen-bond donors (Lipinski definition) is 1. The predicted molar refractivity (Wildman–Crippen MR) is 64.0 cm³/mol. The van der Waals surface area contributed by atoms with Crippen molar-refractivity contribution >= 4 is 16.9 Å². The van der Waals surface area contributed by atoms with E-state index in [4.69, 9.17) is 0 Å². The van der Waals surface area contributed by atoms with Gasteiger partial charge in [-0.1, -0.05) is 44.4 Å². The van der Waals surface area contributed by atoms with Crippen LogP contribution < -0.4 is 5.32 Å². The Balaban J connectivity index is 1.78. The molecule has 1 atom stereocenters. The Labute approximate surface area is 90.9 Å². The maximum atomic E-state index is 4.51. The van der Waals surface area contributed by atoms with Gasteiger partial charge in [-0.25, -0.2) is 0 Å². The van der Waals surface area contributed by atoms with Crippen molar-refractivity contribution in [2.75, 3.05) is 6.54 Å². The minimum Gasteiger partial charge on any atom is -0.362 e. The summed E-state index contributed by atoms with van der Waals surface area (Å²) in [6.45, 7) is 3.25. The molecule has 1 heterocycles. The number of nitrogens with one attached hydrogen (secondary N) is 1. The highest BCUT2D eigenvalue weighted by Crippen LogP contribution is 2.22. The van der Waals surface area contributed by atoms with Crippen LogP contribution >= 0.6 is 11.8 Å². The Hall–Kier alpha value is -0.180. The van der Waals surface area contributed by atoms with Crippen LogP contribution in [0.3, 0.4) is 0 Å². The van der Waals surface area contributed by atoms with Gasteiger partial charge in [0.05, 0.1) is 6.54 Å². The first-order valence-electron chi connectivity index (χ1n) is 5.82. The summed E-state index contributed by atoms with van der Waals surface area (Å²) in [5.74, 6) is 0. The van der Waals surface area contributed by atoms with Crippen molar-refractivity contribution in [1.29, 1.82) is 0 Å². The summed E-state index contributed by atoms with van der Waals surface area (Å²) in [4.78, 5) is 4.51. The smallest absolute Gasteiger partial charge is 0.157 e. The zero-order valence-electron chi connectivity index (χ0n) is 8.96. The van der Waals surface area contributed by atoms with E-state index in [-0.39, 0.29) is 0 Å². The third-order valence-electron chi connectivity index (χ3n) is 2.99. The highest BCUT2D eigenvalue weighted by atomic mass is 32.2. The van der Waals surface area contributed by atoms with Crippen LogP contribution in [0.1, 0.15) is 45.4 Å². The molecule has 0 amide bonds. The average molecular weight is 212 g/mol. The van der Waals surface area contributed by atoms with Gasteiger partial charge in [-0.15, -0.1) is 0 Å². The summed E-state index contributed by atoms with van der Waals surface area (Å²) in [5, 5.41) is 5.48. The molecule has 0 bridgehead atoms. The van der Waals surface area contributed by atoms with E-state index in [9.17, 15) is 0 Å². The van der Waals surface area contributed by atoms with Crippen LogP contribution in [0.15, 0.2) is 4.99 Å². The zero-order valence-corrected chi connectivity index (χ0v) is 9.78. The summed E-state index contributed by atoms with van der Waals surface area (Å²) in [6.07, 6.45) is 8.32. The number of nitrogens with zero attached hydrogens (tertiary/aromatic N) is 1. The monoisotopic (exact) mass is 212 g/mol. The molecule has 0 saturated heterocycles. The fourth-order valence-electron chi connectivity index (χ4n) is 2.15. The van der Waals surface area contributed by atoms with E-state index in [0.29, 0.717) is 11.3 Å². The van der Waals surface area contributed by atoms with Gasteiger partial charge in [-0.05, 0) is 12.8 Å². The third-order valence-corrected chi connectivity index (χ3v) is 4.01. The summed E-state index contributed by atoms with van der Waals surface area (Å²) in [5.41, 5.74) is 0. The lowest BCUT2D eigenvalue weighted by Crippen LogP contribution is -2.32. The third kappa shape index (κ3) is 2.91. The van der Waals surface area contributed by atoms with Crippen molar-refractivity contribution in [3.05, 3.63) is 0 Å². The van der Waals surface area contributed by atoms with Crippen LogP contribution in [0.2, 0.25) is 0 Å². The van der Waals surface area contributed by atoms with Crippen molar-refractivity contribution in [2.45, 2.75) is 56.7 Å². The van der Waals surface area contributed by atoms with Gasteiger partial charge in [-0.3, -0.25) is 4.99 Å². The number of rotatable bonds is 1. The topological polar surface area (TPSA) is 24.4 Å². The average Bonchev–Trinajstić information content (AvgIpc) is 2.43. The first-order chi connectivity index (χ1) is 6.84. The first-order valence-corrected chi connectivity index (χ1v) is 6.70. The zero-order chi connectivity index (χ0) is 9.80. The molecule has 1 aliphatic carbocycles. The molecule has 0 spiro atoms. The van der Waals surface area contributed by atoms with Gasteiger partial charge >= 0.3 is 0 Å². The minimum absolute atomic E-state index is 0.684. The van der Waals surface area contributed by atoms with E-state index in [0.717, 1.165) is 6.54 Å². The SMILES string of the molecule is CC1CN=C(NC2CCCCCC2)S1. The van der Waals surface area contributed by atoms with Crippen molar-refractivity contribution in [1.82, 2.24) is 5.32 Å². The predicted octanol–water partition coefficient (Wildman–Crippen LogP) is 2.79. The number of aliphatic imine (C=N–C) groups is 1. The molecular weight excluding hydrogens is 192 g/mol. The molecule has 0 aromatic heterocycles. The Bertz CT molecular complexity index is 207. The van der Waals surface area contributed by atoms with Crippen molar-refractivity contribution in [3.8, 4) is 0 Å². The molecule has 80 valence electrons. The Morgan fingerprint density at radius 2 is 1.93 bits per heavy atom. The second-order valence-electron chi connectivity index (χ2n) is 4.41. The molecule has 3 heteroatoms. The molecule has 2 aliphatic rings. The van der Waals surface area contributed by atoms with E-state index in [2.05, 4.69) is 17.2 Å². The van der Waals surface area contributed by atoms with Crippen LogP contribution in [0.5, 0.6) is 0 Å². The fraction of sp³-hybridized carbons (Fsp3) is 0.909. The summed E-state index contributed by atoms with van der Waals surface area (Å²) < 4.78 is 0. The summed E-state index contributed by atoms with van der Waals surface area (Å²) in [6, 6.07) is 0.703. The standard InChI is InChI=1S/C11H20N2S/c1-9-8-12-11(14-9)13-10-6-4-2-3-5-7-10/h9-10H,2-8H2,1H3,(H,12,13). The van der Waals surface area contributed by atoms with Gasteiger partial charge < -0.3 is 5.32 Å². The molecule has 2 rings (SSSR count). The van der Waals surface area contributed by atoms with Gasteiger partial charge in [-0.2, -0.15) is 0 Å². The molecule has 1 saturated carbocycles. The van der Waals surface area contributed by atoms with E-state index >= 15 is 0 Å². The largest absolute Gasteiger partial charge is 0.362 e. The lowest BCUT2D eigenvalue weighted by molar-refractivity contribution is 0.536. The van der Waals surface area contributed by atoms with Crippen molar-refractivity contribution in [2.24, 2.45) is 4.99 Å². The minimum atomic E-state index is 0.684. The quantitative estimate of drug-likeness (QED) is 0.676. The van der Waals surface area contributed by atoms with Crippen LogP contribution in [-0.4, -0.2) is 23.0 Å². The summed E-state index contributed by atoms with van der Waals surface area (Å²) in [7, 11) is 0. The highest BCUT2D eigenvalue weighted by Gasteiger charge is 2.18. The molecule has 0 radical (unpaired) electrons. The molecule has 1 fully saturated rings. The van der Waals surface area contributed by atoms with Crippen LogP contribution in [-0.2, 0) is 0 Å². The molecule has 2 nitrogen and oxygen atoms in total. The molecule has 1 aliphatic heterocycles. The Morgan fingerprint density at radius 1 is 1.21 bits per heavy atom. The molecular formula is C11H20N2S. The van der Waals surface area contributed by atoms with Gasteiger partial charge in [0.15, 0.2) is 5.17 Å². The molecule has 0 aromatic rings. The second-order valence-corrected chi connectivity index (χ2v) is 5.83. The van der Waals surface area contributed by atoms with Gasteiger partial charge in [0.1, 0.15) is 0 Å². The maximum absolute atomic E-state index is 4.51.